The molecule has 1 aromatic rings. The molecule has 1 aromatic carbocycles. The van der Waals surface area contributed by atoms with Crippen LogP contribution < -0.4 is 10.6 Å². The van der Waals surface area contributed by atoms with Crippen LogP contribution in [0.2, 0.25) is 0 Å². The SMILES string of the molecule is O=C1Cc2c(cccc2C2CCCNC2)N1. The molecule has 1 amide bonds. The zero-order chi connectivity index (χ0) is 11.0. The van der Waals surface area contributed by atoms with Crippen molar-refractivity contribution in [2.75, 3.05) is 18.4 Å². The van der Waals surface area contributed by atoms with E-state index in [0.717, 1.165) is 18.8 Å². The van der Waals surface area contributed by atoms with Gasteiger partial charge in [0.15, 0.2) is 0 Å². The molecule has 1 atom stereocenters. The first-order valence-electron chi connectivity index (χ1n) is 5.97. The predicted molar refractivity (Wildman–Crippen MR) is 63.6 cm³/mol. The van der Waals surface area contributed by atoms with Gasteiger partial charge in [-0.2, -0.15) is 0 Å². The number of nitrogens with one attached hydrogen (secondary N) is 2. The number of piperidine rings is 1. The molecule has 84 valence electrons. The Balaban J connectivity index is 1.95. The third kappa shape index (κ3) is 1.61. The number of anilines is 1. The molecule has 2 N–H and O–H groups in total. The molecule has 0 saturated carbocycles. The zero-order valence-corrected chi connectivity index (χ0v) is 9.25. The molecule has 1 unspecified atom stereocenters. The first kappa shape index (κ1) is 9.85. The molecule has 1 saturated heterocycles. The van der Waals surface area contributed by atoms with Gasteiger partial charge in [-0.25, -0.2) is 0 Å². The molecule has 0 bridgehead atoms. The van der Waals surface area contributed by atoms with Crippen molar-refractivity contribution in [1.29, 1.82) is 0 Å². The molecule has 2 heterocycles. The minimum Gasteiger partial charge on any atom is -0.326 e. The summed E-state index contributed by atoms with van der Waals surface area (Å²) in [7, 11) is 0. The van der Waals surface area contributed by atoms with Crippen LogP contribution in [0.15, 0.2) is 18.2 Å². The minimum atomic E-state index is 0.131. The van der Waals surface area contributed by atoms with Crippen molar-refractivity contribution in [3.8, 4) is 0 Å². The number of carbonyl (C=O) groups excluding carboxylic acids is 1. The predicted octanol–water partition coefficient (Wildman–Crippen LogP) is 1.65. The van der Waals surface area contributed by atoms with Crippen LogP contribution in [0.1, 0.15) is 29.9 Å². The number of rotatable bonds is 1. The number of hydrogen-bond donors (Lipinski definition) is 2. The lowest BCUT2D eigenvalue weighted by Crippen LogP contribution is -2.28. The van der Waals surface area contributed by atoms with Gasteiger partial charge in [-0.1, -0.05) is 12.1 Å². The van der Waals surface area contributed by atoms with Gasteiger partial charge < -0.3 is 10.6 Å². The van der Waals surface area contributed by atoms with Crippen LogP contribution in [0.3, 0.4) is 0 Å². The fourth-order valence-electron chi connectivity index (χ4n) is 2.77. The Labute approximate surface area is 95.2 Å². The first-order valence-corrected chi connectivity index (χ1v) is 5.97. The number of fused-ring (bicyclic) bond motifs is 1. The Kier molecular flexibility index (Phi) is 2.40. The lowest BCUT2D eigenvalue weighted by Gasteiger charge is -2.24. The summed E-state index contributed by atoms with van der Waals surface area (Å²) in [6.45, 7) is 2.17. The summed E-state index contributed by atoms with van der Waals surface area (Å²) in [4.78, 5) is 11.4. The summed E-state index contributed by atoms with van der Waals surface area (Å²) in [6, 6.07) is 6.23. The number of carbonyl (C=O) groups is 1. The highest BCUT2D eigenvalue weighted by atomic mass is 16.1. The van der Waals surface area contributed by atoms with E-state index in [2.05, 4.69) is 16.7 Å². The summed E-state index contributed by atoms with van der Waals surface area (Å²) in [5, 5.41) is 6.35. The Morgan fingerprint density at radius 2 is 2.25 bits per heavy atom. The third-order valence-corrected chi connectivity index (χ3v) is 3.56. The normalized spacial score (nSPS) is 24.0. The summed E-state index contributed by atoms with van der Waals surface area (Å²) in [6.07, 6.45) is 3.02. The average molecular weight is 216 g/mol. The van der Waals surface area contributed by atoms with Crippen molar-refractivity contribution in [2.24, 2.45) is 0 Å². The van der Waals surface area contributed by atoms with Crippen molar-refractivity contribution in [3.05, 3.63) is 29.3 Å². The molecule has 0 radical (unpaired) electrons. The lowest BCUT2D eigenvalue weighted by atomic mass is 9.87. The van der Waals surface area contributed by atoms with E-state index in [1.165, 1.54) is 24.0 Å². The smallest absolute Gasteiger partial charge is 0.228 e. The Hall–Kier alpha value is -1.35. The standard InChI is InChI=1S/C13H16N2O/c16-13-7-11-10(4-1-5-12(11)15-13)9-3-2-6-14-8-9/h1,4-5,9,14H,2-3,6-8H2,(H,15,16). The second-order valence-corrected chi connectivity index (χ2v) is 4.64. The van der Waals surface area contributed by atoms with Gasteiger partial charge in [-0.3, -0.25) is 4.79 Å². The second-order valence-electron chi connectivity index (χ2n) is 4.64. The van der Waals surface area contributed by atoms with Gasteiger partial charge in [0.1, 0.15) is 0 Å². The Morgan fingerprint density at radius 3 is 3.06 bits per heavy atom. The molecule has 3 heteroatoms. The van der Waals surface area contributed by atoms with Crippen molar-refractivity contribution in [2.45, 2.75) is 25.2 Å². The van der Waals surface area contributed by atoms with Gasteiger partial charge in [0.25, 0.3) is 0 Å². The maximum absolute atomic E-state index is 11.4. The van der Waals surface area contributed by atoms with Crippen LogP contribution in [0.25, 0.3) is 0 Å². The number of benzene rings is 1. The van der Waals surface area contributed by atoms with Crippen molar-refractivity contribution < 1.29 is 4.79 Å². The zero-order valence-electron chi connectivity index (χ0n) is 9.25. The highest BCUT2D eigenvalue weighted by Crippen LogP contribution is 2.33. The van der Waals surface area contributed by atoms with E-state index in [1.54, 1.807) is 0 Å². The van der Waals surface area contributed by atoms with Crippen LogP contribution in [0, 0.1) is 0 Å². The van der Waals surface area contributed by atoms with Gasteiger partial charge in [-0.05, 0) is 42.5 Å². The van der Waals surface area contributed by atoms with E-state index in [0.29, 0.717) is 12.3 Å². The summed E-state index contributed by atoms with van der Waals surface area (Å²) < 4.78 is 0. The van der Waals surface area contributed by atoms with Gasteiger partial charge in [0.2, 0.25) is 5.91 Å². The van der Waals surface area contributed by atoms with Crippen molar-refractivity contribution in [3.63, 3.8) is 0 Å². The molecule has 16 heavy (non-hydrogen) atoms. The topological polar surface area (TPSA) is 41.1 Å². The molecule has 0 aromatic heterocycles. The van der Waals surface area contributed by atoms with E-state index >= 15 is 0 Å². The summed E-state index contributed by atoms with van der Waals surface area (Å²) in [5.74, 6) is 0.711. The molecule has 3 nitrogen and oxygen atoms in total. The van der Waals surface area contributed by atoms with E-state index in [1.807, 2.05) is 12.1 Å². The van der Waals surface area contributed by atoms with Crippen molar-refractivity contribution in [1.82, 2.24) is 5.32 Å². The van der Waals surface area contributed by atoms with E-state index in [-0.39, 0.29) is 5.91 Å². The quantitative estimate of drug-likeness (QED) is 0.749. The van der Waals surface area contributed by atoms with Crippen LogP contribution >= 0.6 is 0 Å². The molecule has 1 fully saturated rings. The first-order chi connectivity index (χ1) is 7.84. The van der Waals surface area contributed by atoms with E-state index in [9.17, 15) is 4.79 Å². The fourth-order valence-corrected chi connectivity index (χ4v) is 2.77. The summed E-state index contributed by atoms with van der Waals surface area (Å²) >= 11 is 0. The van der Waals surface area contributed by atoms with Gasteiger partial charge in [0.05, 0.1) is 6.42 Å². The van der Waals surface area contributed by atoms with E-state index in [4.69, 9.17) is 0 Å². The van der Waals surface area contributed by atoms with Gasteiger partial charge in [0, 0.05) is 12.2 Å². The number of hydrogen-bond acceptors (Lipinski definition) is 2. The molecular weight excluding hydrogens is 200 g/mol. The molecule has 2 aliphatic rings. The summed E-state index contributed by atoms with van der Waals surface area (Å²) in [5.41, 5.74) is 3.61. The van der Waals surface area contributed by atoms with Crippen LogP contribution in [0.4, 0.5) is 5.69 Å². The largest absolute Gasteiger partial charge is 0.326 e. The van der Waals surface area contributed by atoms with Crippen LogP contribution in [-0.2, 0) is 11.2 Å². The Morgan fingerprint density at radius 1 is 1.31 bits per heavy atom. The van der Waals surface area contributed by atoms with Crippen LogP contribution in [-0.4, -0.2) is 19.0 Å². The van der Waals surface area contributed by atoms with Crippen molar-refractivity contribution >= 4 is 11.6 Å². The van der Waals surface area contributed by atoms with Gasteiger partial charge in [-0.15, -0.1) is 0 Å². The van der Waals surface area contributed by atoms with E-state index < -0.39 is 0 Å². The Bertz CT molecular complexity index is 422. The minimum absolute atomic E-state index is 0.131. The molecule has 0 spiro atoms. The number of amides is 1. The molecule has 3 rings (SSSR count). The third-order valence-electron chi connectivity index (χ3n) is 3.56. The monoisotopic (exact) mass is 216 g/mol. The van der Waals surface area contributed by atoms with Crippen LogP contribution in [0.5, 0.6) is 0 Å². The van der Waals surface area contributed by atoms with Gasteiger partial charge >= 0.3 is 0 Å². The molecular formula is C13H16N2O. The highest BCUT2D eigenvalue weighted by molar-refractivity contribution is 5.99. The molecule has 0 aliphatic carbocycles. The second kappa shape index (κ2) is 3.91. The lowest BCUT2D eigenvalue weighted by molar-refractivity contribution is -0.115. The average Bonchev–Trinajstić information content (AvgIpc) is 2.70. The maximum atomic E-state index is 11.4. The highest BCUT2D eigenvalue weighted by Gasteiger charge is 2.25. The fraction of sp³-hybridized carbons (Fsp3) is 0.462. The maximum Gasteiger partial charge on any atom is 0.228 e. The molecule has 2 aliphatic heterocycles.